The van der Waals surface area contributed by atoms with Gasteiger partial charge in [0.25, 0.3) is 0 Å². The van der Waals surface area contributed by atoms with Crippen molar-refractivity contribution >= 4 is 23.2 Å². The van der Waals surface area contributed by atoms with Crippen LogP contribution in [0.2, 0.25) is 5.02 Å². The standard InChI is InChI=1S/C13H11Cl2FO/c1-7-5-10(11(14)6-12(7)16)13(15)9-3-4-17-8(9)2/h3-6,13H,1-2H3. The van der Waals surface area contributed by atoms with Gasteiger partial charge in [-0.2, -0.15) is 0 Å². The Morgan fingerprint density at radius 1 is 1.24 bits per heavy atom. The molecule has 0 aliphatic rings. The summed E-state index contributed by atoms with van der Waals surface area (Å²) < 4.78 is 18.5. The minimum absolute atomic E-state index is 0.327. The highest BCUT2D eigenvalue weighted by Gasteiger charge is 2.19. The molecule has 1 aromatic heterocycles. The highest BCUT2D eigenvalue weighted by molar-refractivity contribution is 6.33. The van der Waals surface area contributed by atoms with Crippen LogP contribution < -0.4 is 0 Å². The van der Waals surface area contributed by atoms with Gasteiger partial charge in [0.1, 0.15) is 11.6 Å². The van der Waals surface area contributed by atoms with E-state index in [4.69, 9.17) is 27.6 Å². The predicted molar refractivity (Wildman–Crippen MR) is 67.3 cm³/mol. The first-order valence-electron chi connectivity index (χ1n) is 5.14. The zero-order valence-electron chi connectivity index (χ0n) is 9.43. The van der Waals surface area contributed by atoms with Crippen LogP contribution in [0.1, 0.15) is 27.8 Å². The SMILES string of the molecule is Cc1cc(C(Cl)c2ccoc2C)c(Cl)cc1F. The summed E-state index contributed by atoms with van der Waals surface area (Å²) in [6.45, 7) is 3.51. The van der Waals surface area contributed by atoms with Crippen LogP contribution in [-0.4, -0.2) is 0 Å². The summed E-state index contributed by atoms with van der Waals surface area (Å²) in [5.74, 6) is 0.412. The second-order valence-corrected chi connectivity index (χ2v) is 4.76. The molecule has 1 unspecified atom stereocenters. The third-order valence-corrected chi connectivity index (χ3v) is 3.52. The third-order valence-electron chi connectivity index (χ3n) is 2.72. The van der Waals surface area contributed by atoms with Crippen molar-refractivity contribution in [2.24, 2.45) is 0 Å². The Balaban J connectivity index is 2.48. The maximum atomic E-state index is 13.3. The van der Waals surface area contributed by atoms with Crippen LogP contribution in [0.4, 0.5) is 4.39 Å². The van der Waals surface area contributed by atoms with E-state index >= 15 is 0 Å². The van der Waals surface area contributed by atoms with E-state index in [2.05, 4.69) is 0 Å². The lowest BCUT2D eigenvalue weighted by molar-refractivity contribution is 0.530. The van der Waals surface area contributed by atoms with Gasteiger partial charge in [0.05, 0.1) is 11.6 Å². The van der Waals surface area contributed by atoms with Gasteiger partial charge in [-0.15, -0.1) is 11.6 Å². The van der Waals surface area contributed by atoms with Crippen LogP contribution in [-0.2, 0) is 0 Å². The minimum Gasteiger partial charge on any atom is -0.469 e. The summed E-state index contributed by atoms with van der Waals surface area (Å²) in [6, 6.07) is 4.75. The van der Waals surface area contributed by atoms with Gasteiger partial charge in [-0.3, -0.25) is 0 Å². The van der Waals surface area contributed by atoms with Crippen molar-refractivity contribution in [3.8, 4) is 0 Å². The fourth-order valence-electron chi connectivity index (χ4n) is 1.70. The quantitative estimate of drug-likeness (QED) is 0.700. The zero-order chi connectivity index (χ0) is 12.6. The van der Waals surface area contributed by atoms with E-state index in [1.165, 1.54) is 6.07 Å². The van der Waals surface area contributed by atoms with Gasteiger partial charge in [-0.1, -0.05) is 11.6 Å². The Kier molecular flexibility index (Phi) is 3.45. The van der Waals surface area contributed by atoms with Gasteiger partial charge in [-0.25, -0.2) is 4.39 Å². The first kappa shape index (κ1) is 12.5. The minimum atomic E-state index is -0.430. The lowest BCUT2D eigenvalue weighted by Gasteiger charge is -2.12. The lowest BCUT2D eigenvalue weighted by atomic mass is 10.0. The van der Waals surface area contributed by atoms with Crippen molar-refractivity contribution in [3.63, 3.8) is 0 Å². The summed E-state index contributed by atoms with van der Waals surface area (Å²) >= 11 is 12.4. The molecule has 0 saturated carbocycles. The molecule has 0 aliphatic heterocycles. The van der Waals surface area contributed by atoms with Crippen molar-refractivity contribution in [2.75, 3.05) is 0 Å². The Hall–Kier alpha value is -0.990. The van der Waals surface area contributed by atoms with Crippen LogP contribution >= 0.6 is 23.2 Å². The van der Waals surface area contributed by atoms with E-state index in [1.807, 2.05) is 6.92 Å². The smallest absolute Gasteiger partial charge is 0.127 e. The molecule has 1 atom stereocenters. The van der Waals surface area contributed by atoms with Crippen LogP contribution in [0, 0.1) is 19.7 Å². The van der Waals surface area contributed by atoms with Gasteiger partial charge in [0, 0.05) is 10.6 Å². The lowest BCUT2D eigenvalue weighted by Crippen LogP contribution is -1.97. The summed E-state index contributed by atoms with van der Waals surface area (Å²) in [5.41, 5.74) is 2.06. The molecule has 0 radical (unpaired) electrons. The number of hydrogen-bond acceptors (Lipinski definition) is 1. The first-order chi connectivity index (χ1) is 8.00. The molecule has 1 heterocycles. The Morgan fingerprint density at radius 3 is 2.53 bits per heavy atom. The normalized spacial score (nSPS) is 12.8. The largest absolute Gasteiger partial charge is 0.469 e. The second kappa shape index (κ2) is 4.71. The molecular weight excluding hydrogens is 262 g/mol. The maximum absolute atomic E-state index is 13.3. The van der Waals surface area contributed by atoms with Gasteiger partial charge in [-0.05, 0) is 43.2 Å². The second-order valence-electron chi connectivity index (χ2n) is 3.92. The average Bonchev–Trinajstić information content (AvgIpc) is 2.69. The fraction of sp³-hybridized carbons (Fsp3) is 0.231. The van der Waals surface area contributed by atoms with Gasteiger partial charge in [0.15, 0.2) is 0 Å². The Morgan fingerprint density at radius 2 is 1.94 bits per heavy atom. The molecule has 2 rings (SSSR count). The van der Waals surface area contributed by atoms with Crippen LogP contribution in [0.3, 0.4) is 0 Å². The maximum Gasteiger partial charge on any atom is 0.127 e. The molecule has 2 aromatic rings. The van der Waals surface area contributed by atoms with Crippen molar-refractivity contribution < 1.29 is 8.81 Å². The third kappa shape index (κ3) is 2.33. The molecule has 0 amide bonds. The highest BCUT2D eigenvalue weighted by atomic mass is 35.5. The van der Waals surface area contributed by atoms with E-state index in [1.54, 1.807) is 25.3 Å². The van der Waals surface area contributed by atoms with E-state index in [9.17, 15) is 4.39 Å². The van der Waals surface area contributed by atoms with E-state index < -0.39 is 5.38 Å². The van der Waals surface area contributed by atoms with Crippen LogP contribution in [0.5, 0.6) is 0 Å². The molecule has 0 fully saturated rings. The number of furan rings is 1. The molecule has 0 bridgehead atoms. The number of hydrogen-bond donors (Lipinski definition) is 0. The van der Waals surface area contributed by atoms with E-state index in [0.29, 0.717) is 16.1 Å². The highest BCUT2D eigenvalue weighted by Crippen LogP contribution is 2.36. The monoisotopic (exact) mass is 272 g/mol. The molecule has 4 heteroatoms. The van der Waals surface area contributed by atoms with E-state index in [0.717, 1.165) is 11.3 Å². The van der Waals surface area contributed by atoms with Crippen molar-refractivity contribution in [1.29, 1.82) is 0 Å². The Bertz CT molecular complexity index is 548. The molecule has 0 aliphatic carbocycles. The Labute approximate surface area is 109 Å². The number of alkyl halides is 1. The number of rotatable bonds is 2. The molecule has 1 nitrogen and oxygen atoms in total. The van der Waals surface area contributed by atoms with Crippen LogP contribution in [0.25, 0.3) is 0 Å². The topological polar surface area (TPSA) is 13.1 Å². The number of halogens is 3. The molecular formula is C13H11Cl2FO. The predicted octanol–water partition coefficient (Wildman–Crippen LogP) is 5.02. The summed E-state index contributed by atoms with van der Waals surface area (Å²) in [6.07, 6.45) is 1.57. The number of aryl methyl sites for hydroxylation is 2. The van der Waals surface area contributed by atoms with Crippen molar-refractivity contribution in [1.82, 2.24) is 0 Å². The van der Waals surface area contributed by atoms with Gasteiger partial charge >= 0.3 is 0 Å². The molecule has 17 heavy (non-hydrogen) atoms. The zero-order valence-corrected chi connectivity index (χ0v) is 10.9. The number of benzene rings is 1. The van der Waals surface area contributed by atoms with Crippen LogP contribution in [0.15, 0.2) is 28.9 Å². The average molecular weight is 273 g/mol. The van der Waals surface area contributed by atoms with Gasteiger partial charge in [0.2, 0.25) is 0 Å². The fourth-order valence-corrected chi connectivity index (χ4v) is 2.42. The molecule has 0 N–H and O–H groups in total. The van der Waals surface area contributed by atoms with Crippen molar-refractivity contribution in [2.45, 2.75) is 19.2 Å². The van der Waals surface area contributed by atoms with E-state index in [-0.39, 0.29) is 5.82 Å². The molecule has 0 saturated heterocycles. The first-order valence-corrected chi connectivity index (χ1v) is 5.95. The molecule has 90 valence electrons. The molecule has 0 spiro atoms. The molecule has 1 aromatic carbocycles. The summed E-state index contributed by atoms with van der Waals surface area (Å²) in [5, 5.41) is -0.103. The van der Waals surface area contributed by atoms with Gasteiger partial charge < -0.3 is 4.42 Å². The summed E-state index contributed by atoms with van der Waals surface area (Å²) in [7, 11) is 0. The van der Waals surface area contributed by atoms with Crippen molar-refractivity contribution in [3.05, 3.63) is 57.8 Å². The summed E-state index contributed by atoms with van der Waals surface area (Å²) in [4.78, 5) is 0.